The van der Waals surface area contributed by atoms with Crippen molar-refractivity contribution in [2.75, 3.05) is 25.1 Å². The summed E-state index contributed by atoms with van der Waals surface area (Å²) in [7, 11) is 0. The molecule has 1 rings (SSSR count). The minimum absolute atomic E-state index is 0.200. The third kappa shape index (κ3) is 6.46. The normalized spacial score (nSPS) is 12.3. The third-order valence-electron chi connectivity index (χ3n) is 2.51. The molecule has 0 aliphatic heterocycles. The minimum atomic E-state index is -4.39. The molecular weight excluding hydrogens is 285 g/mol. The number of alkyl halides is 3. The lowest BCUT2D eigenvalue weighted by Gasteiger charge is -2.12. The molecular formula is C13H19F3N4O. The number of anilines is 1. The standard InChI is InChI=1S/C13H19F3N4O/c1-2-21-8-4-7-18-12(20-17)19-11-6-3-5-10(9-11)13(14,15)16/h3,5-6,9H,2,4,7-8,17H2,1H3,(H2,18,19,20). The smallest absolute Gasteiger partial charge is 0.382 e. The number of benzene rings is 1. The first kappa shape index (κ1) is 17.3. The van der Waals surface area contributed by atoms with Crippen LogP contribution in [0.15, 0.2) is 29.3 Å². The summed E-state index contributed by atoms with van der Waals surface area (Å²) in [5.74, 6) is 5.49. The van der Waals surface area contributed by atoms with Crippen LogP contribution in [-0.4, -0.2) is 25.7 Å². The van der Waals surface area contributed by atoms with E-state index in [4.69, 9.17) is 10.6 Å². The van der Waals surface area contributed by atoms with E-state index in [2.05, 4.69) is 15.7 Å². The molecule has 0 saturated heterocycles. The number of nitrogens with one attached hydrogen (secondary N) is 2. The molecule has 1 aromatic rings. The summed E-state index contributed by atoms with van der Waals surface area (Å²) in [6, 6.07) is 4.81. The molecule has 21 heavy (non-hydrogen) atoms. The van der Waals surface area contributed by atoms with E-state index in [0.717, 1.165) is 12.1 Å². The molecule has 0 spiro atoms. The number of rotatable bonds is 6. The molecule has 0 aliphatic rings. The van der Waals surface area contributed by atoms with Gasteiger partial charge in [-0.3, -0.25) is 10.4 Å². The highest BCUT2D eigenvalue weighted by atomic mass is 19.4. The largest absolute Gasteiger partial charge is 0.416 e. The molecule has 0 fully saturated rings. The number of guanidine groups is 1. The van der Waals surface area contributed by atoms with Crippen LogP contribution in [0.3, 0.4) is 0 Å². The molecule has 0 amide bonds. The van der Waals surface area contributed by atoms with Gasteiger partial charge in [0, 0.05) is 25.4 Å². The molecule has 0 aliphatic carbocycles. The molecule has 1 aromatic carbocycles. The Kier molecular flexibility index (Phi) is 6.97. The molecule has 4 N–H and O–H groups in total. The molecule has 0 heterocycles. The first-order valence-electron chi connectivity index (χ1n) is 6.50. The van der Waals surface area contributed by atoms with Crippen molar-refractivity contribution < 1.29 is 17.9 Å². The number of nitrogens with two attached hydrogens (primary N) is 1. The Morgan fingerprint density at radius 2 is 2.14 bits per heavy atom. The number of aliphatic imine (C=N–C) groups is 1. The van der Waals surface area contributed by atoms with E-state index in [-0.39, 0.29) is 11.6 Å². The van der Waals surface area contributed by atoms with Crippen LogP contribution in [0.25, 0.3) is 0 Å². The van der Waals surface area contributed by atoms with Gasteiger partial charge < -0.3 is 10.1 Å². The Bertz CT molecular complexity index is 463. The molecule has 0 atom stereocenters. The summed E-state index contributed by atoms with van der Waals surface area (Å²) in [5, 5.41) is 2.71. The van der Waals surface area contributed by atoms with Crippen molar-refractivity contribution in [1.29, 1.82) is 0 Å². The fourth-order valence-corrected chi connectivity index (χ4v) is 1.53. The van der Waals surface area contributed by atoms with Gasteiger partial charge in [0.2, 0.25) is 5.96 Å². The first-order valence-corrected chi connectivity index (χ1v) is 6.50. The second kappa shape index (κ2) is 8.48. The van der Waals surface area contributed by atoms with E-state index in [1.807, 2.05) is 6.92 Å². The molecule has 0 bridgehead atoms. The third-order valence-corrected chi connectivity index (χ3v) is 2.51. The number of hydrogen-bond donors (Lipinski definition) is 3. The van der Waals surface area contributed by atoms with Crippen molar-refractivity contribution in [2.45, 2.75) is 19.5 Å². The van der Waals surface area contributed by atoms with Gasteiger partial charge in [0.1, 0.15) is 0 Å². The second-order valence-corrected chi connectivity index (χ2v) is 4.13. The number of nitrogens with zero attached hydrogens (tertiary/aromatic N) is 1. The Labute approximate surface area is 121 Å². The Balaban J connectivity index is 2.62. The summed E-state index contributed by atoms with van der Waals surface area (Å²) in [6.45, 7) is 3.55. The summed E-state index contributed by atoms with van der Waals surface area (Å²) in [4.78, 5) is 4.11. The monoisotopic (exact) mass is 304 g/mol. The zero-order valence-corrected chi connectivity index (χ0v) is 11.7. The van der Waals surface area contributed by atoms with Crippen LogP contribution >= 0.6 is 0 Å². The van der Waals surface area contributed by atoms with Gasteiger partial charge in [0.15, 0.2) is 0 Å². The molecule has 0 radical (unpaired) electrons. The van der Waals surface area contributed by atoms with Crippen molar-refractivity contribution in [3.8, 4) is 0 Å². The van der Waals surface area contributed by atoms with E-state index in [0.29, 0.717) is 26.2 Å². The quantitative estimate of drug-likeness (QED) is 0.248. The van der Waals surface area contributed by atoms with Gasteiger partial charge in [-0.05, 0) is 31.5 Å². The maximum Gasteiger partial charge on any atom is 0.416 e. The number of halogens is 3. The van der Waals surface area contributed by atoms with Crippen molar-refractivity contribution in [3.05, 3.63) is 29.8 Å². The van der Waals surface area contributed by atoms with Gasteiger partial charge in [0.05, 0.1) is 5.56 Å². The van der Waals surface area contributed by atoms with Crippen LogP contribution in [0, 0.1) is 0 Å². The minimum Gasteiger partial charge on any atom is -0.382 e. The van der Waals surface area contributed by atoms with Crippen LogP contribution in [-0.2, 0) is 10.9 Å². The SMILES string of the molecule is CCOCCCN=C(NN)Nc1cccc(C(F)(F)F)c1. The van der Waals surface area contributed by atoms with Crippen molar-refractivity contribution >= 4 is 11.6 Å². The molecule has 0 saturated carbocycles. The Morgan fingerprint density at radius 3 is 2.76 bits per heavy atom. The van der Waals surface area contributed by atoms with Gasteiger partial charge in [-0.15, -0.1) is 0 Å². The molecule has 0 aromatic heterocycles. The molecule has 0 unspecified atom stereocenters. The number of ether oxygens (including phenoxy) is 1. The Morgan fingerprint density at radius 1 is 1.38 bits per heavy atom. The van der Waals surface area contributed by atoms with Crippen molar-refractivity contribution in [1.82, 2.24) is 5.43 Å². The van der Waals surface area contributed by atoms with Crippen LogP contribution in [0.1, 0.15) is 18.9 Å². The van der Waals surface area contributed by atoms with E-state index in [1.54, 1.807) is 0 Å². The maximum atomic E-state index is 12.6. The highest BCUT2D eigenvalue weighted by Gasteiger charge is 2.30. The Hall–Kier alpha value is -1.80. The van der Waals surface area contributed by atoms with E-state index >= 15 is 0 Å². The lowest BCUT2D eigenvalue weighted by atomic mass is 10.2. The van der Waals surface area contributed by atoms with Gasteiger partial charge in [-0.2, -0.15) is 13.2 Å². The average molecular weight is 304 g/mol. The highest BCUT2D eigenvalue weighted by Crippen LogP contribution is 2.30. The molecule has 118 valence electrons. The van der Waals surface area contributed by atoms with Gasteiger partial charge in [-0.25, -0.2) is 5.84 Å². The lowest BCUT2D eigenvalue weighted by molar-refractivity contribution is -0.137. The van der Waals surface area contributed by atoms with E-state index in [1.165, 1.54) is 12.1 Å². The fraction of sp³-hybridized carbons (Fsp3) is 0.462. The number of hydrogen-bond acceptors (Lipinski definition) is 3. The lowest BCUT2D eigenvalue weighted by Crippen LogP contribution is -2.36. The number of hydrazine groups is 1. The fourth-order valence-electron chi connectivity index (χ4n) is 1.53. The maximum absolute atomic E-state index is 12.6. The van der Waals surface area contributed by atoms with E-state index in [9.17, 15) is 13.2 Å². The van der Waals surface area contributed by atoms with Crippen LogP contribution < -0.4 is 16.6 Å². The van der Waals surface area contributed by atoms with Gasteiger partial charge in [-0.1, -0.05) is 6.07 Å². The summed E-state index contributed by atoms with van der Waals surface area (Å²) < 4.78 is 42.9. The molecule has 8 heteroatoms. The second-order valence-electron chi connectivity index (χ2n) is 4.13. The first-order chi connectivity index (χ1) is 9.97. The zero-order valence-electron chi connectivity index (χ0n) is 11.7. The van der Waals surface area contributed by atoms with Crippen LogP contribution in [0.4, 0.5) is 18.9 Å². The highest BCUT2D eigenvalue weighted by molar-refractivity contribution is 5.93. The summed E-state index contributed by atoms with van der Waals surface area (Å²) in [5.41, 5.74) is 1.84. The zero-order chi connectivity index (χ0) is 15.7. The predicted molar refractivity (Wildman–Crippen MR) is 75.8 cm³/mol. The molecule has 5 nitrogen and oxygen atoms in total. The van der Waals surface area contributed by atoms with Gasteiger partial charge in [0.25, 0.3) is 0 Å². The topological polar surface area (TPSA) is 71.7 Å². The van der Waals surface area contributed by atoms with E-state index < -0.39 is 11.7 Å². The van der Waals surface area contributed by atoms with Crippen molar-refractivity contribution in [3.63, 3.8) is 0 Å². The van der Waals surface area contributed by atoms with Crippen LogP contribution in [0.2, 0.25) is 0 Å². The van der Waals surface area contributed by atoms with Crippen molar-refractivity contribution in [2.24, 2.45) is 10.8 Å². The average Bonchev–Trinajstić information content (AvgIpc) is 2.45. The van der Waals surface area contributed by atoms with Crippen LogP contribution in [0.5, 0.6) is 0 Å². The summed E-state index contributed by atoms with van der Waals surface area (Å²) in [6.07, 6.45) is -3.69. The van der Waals surface area contributed by atoms with Gasteiger partial charge >= 0.3 is 6.18 Å². The summed E-state index contributed by atoms with van der Waals surface area (Å²) >= 11 is 0. The predicted octanol–water partition coefficient (Wildman–Crippen LogP) is 2.36.